The van der Waals surface area contributed by atoms with Gasteiger partial charge in [-0.2, -0.15) is 0 Å². The number of carbonyl (C=O) groups is 1. The van der Waals surface area contributed by atoms with Crippen molar-refractivity contribution in [2.45, 2.75) is 12.5 Å². The number of fused-ring (bicyclic) bond motifs is 1. The zero-order chi connectivity index (χ0) is 11.7. The summed E-state index contributed by atoms with van der Waals surface area (Å²) >= 11 is 0. The van der Waals surface area contributed by atoms with Crippen LogP contribution in [0.15, 0.2) is 18.2 Å². The molecule has 0 aliphatic carbocycles. The van der Waals surface area contributed by atoms with Crippen LogP contribution in [0.2, 0.25) is 0 Å². The number of likely N-dealkylation sites (N-methyl/N-ethyl adjacent to an activating group) is 2. The number of nitrogens with one attached hydrogen (secondary N) is 1. The van der Waals surface area contributed by atoms with Gasteiger partial charge in [-0.15, -0.1) is 0 Å². The molecular formula is C12H17N3O. The van der Waals surface area contributed by atoms with E-state index in [9.17, 15) is 4.79 Å². The zero-order valence-corrected chi connectivity index (χ0v) is 9.66. The van der Waals surface area contributed by atoms with Crippen LogP contribution in [0.25, 0.3) is 0 Å². The van der Waals surface area contributed by atoms with Gasteiger partial charge >= 0.3 is 0 Å². The molecule has 1 aliphatic heterocycles. The number of primary amides is 1. The van der Waals surface area contributed by atoms with Crippen LogP contribution in [0.5, 0.6) is 0 Å². The predicted molar refractivity (Wildman–Crippen MR) is 64.4 cm³/mol. The molecule has 1 atom stereocenters. The second-order valence-electron chi connectivity index (χ2n) is 4.18. The minimum atomic E-state index is -0.392. The van der Waals surface area contributed by atoms with Crippen molar-refractivity contribution in [3.63, 3.8) is 0 Å². The summed E-state index contributed by atoms with van der Waals surface area (Å²) in [5.74, 6) is -0.339. The van der Waals surface area contributed by atoms with E-state index in [1.807, 2.05) is 6.07 Å². The van der Waals surface area contributed by atoms with Crippen molar-refractivity contribution in [1.29, 1.82) is 0 Å². The van der Waals surface area contributed by atoms with E-state index in [1.165, 1.54) is 11.3 Å². The Morgan fingerprint density at radius 3 is 2.94 bits per heavy atom. The summed E-state index contributed by atoms with van der Waals surface area (Å²) in [5.41, 5.74) is 8.83. The zero-order valence-electron chi connectivity index (χ0n) is 9.66. The molecule has 4 heteroatoms. The molecule has 1 aromatic carbocycles. The molecule has 3 N–H and O–H groups in total. The van der Waals surface area contributed by atoms with Gasteiger partial charge in [0.15, 0.2) is 0 Å². The fourth-order valence-electron chi connectivity index (χ4n) is 2.24. The quantitative estimate of drug-likeness (QED) is 0.775. The fraction of sp³-hybridized carbons (Fsp3) is 0.417. The fourth-order valence-corrected chi connectivity index (χ4v) is 2.24. The first-order valence-electron chi connectivity index (χ1n) is 5.44. The third kappa shape index (κ3) is 1.76. The molecule has 1 aromatic rings. The summed E-state index contributed by atoms with van der Waals surface area (Å²) in [6.07, 6.45) is 1.04. The maximum absolute atomic E-state index is 11.2. The second kappa shape index (κ2) is 4.14. The lowest BCUT2D eigenvalue weighted by Gasteiger charge is -2.15. The van der Waals surface area contributed by atoms with Crippen molar-refractivity contribution in [2.75, 3.05) is 25.5 Å². The van der Waals surface area contributed by atoms with Gasteiger partial charge < -0.3 is 16.0 Å². The second-order valence-corrected chi connectivity index (χ2v) is 4.18. The average Bonchev–Trinajstić information content (AvgIpc) is 2.61. The van der Waals surface area contributed by atoms with Gasteiger partial charge in [-0.3, -0.25) is 4.79 Å². The predicted octanol–water partition coefficient (Wildman–Crippen LogP) is 0.425. The molecule has 0 saturated carbocycles. The number of amides is 1. The summed E-state index contributed by atoms with van der Waals surface area (Å²) in [7, 11) is 3.82. The average molecular weight is 219 g/mol. The highest BCUT2D eigenvalue weighted by Gasteiger charge is 2.20. The number of hydrogen-bond donors (Lipinski definition) is 2. The van der Waals surface area contributed by atoms with Crippen molar-refractivity contribution in [3.05, 3.63) is 29.3 Å². The van der Waals surface area contributed by atoms with Crippen molar-refractivity contribution in [3.8, 4) is 0 Å². The molecule has 0 aromatic heterocycles. The van der Waals surface area contributed by atoms with Crippen molar-refractivity contribution in [1.82, 2.24) is 5.32 Å². The van der Waals surface area contributed by atoms with E-state index in [4.69, 9.17) is 5.73 Å². The molecular weight excluding hydrogens is 202 g/mol. The molecule has 86 valence electrons. The first-order valence-corrected chi connectivity index (χ1v) is 5.44. The van der Waals surface area contributed by atoms with E-state index in [0.29, 0.717) is 0 Å². The number of nitrogens with two attached hydrogens (primary N) is 1. The third-order valence-electron chi connectivity index (χ3n) is 3.14. The van der Waals surface area contributed by atoms with Crippen LogP contribution in [0.4, 0.5) is 5.69 Å². The van der Waals surface area contributed by atoms with Crippen LogP contribution in [0, 0.1) is 0 Å². The summed E-state index contributed by atoms with van der Waals surface area (Å²) < 4.78 is 0. The Labute approximate surface area is 95.4 Å². The Balaban J connectivity index is 2.34. The van der Waals surface area contributed by atoms with Crippen molar-refractivity contribution < 1.29 is 4.79 Å². The van der Waals surface area contributed by atoms with Gasteiger partial charge in [0.1, 0.15) is 6.04 Å². The van der Waals surface area contributed by atoms with Gasteiger partial charge in [0.05, 0.1) is 0 Å². The lowest BCUT2D eigenvalue weighted by Crippen LogP contribution is -2.31. The number of hydrogen-bond acceptors (Lipinski definition) is 3. The minimum absolute atomic E-state index is 0.339. The number of anilines is 1. The third-order valence-corrected chi connectivity index (χ3v) is 3.14. The van der Waals surface area contributed by atoms with E-state index in [2.05, 4.69) is 29.4 Å². The van der Waals surface area contributed by atoms with Gasteiger partial charge in [-0.1, -0.05) is 12.1 Å². The number of benzene rings is 1. The Bertz CT molecular complexity index is 417. The number of rotatable bonds is 3. The maximum atomic E-state index is 11.2. The van der Waals surface area contributed by atoms with Gasteiger partial charge in [0, 0.05) is 19.3 Å². The molecule has 0 bridgehead atoms. The highest BCUT2D eigenvalue weighted by molar-refractivity contribution is 5.81. The van der Waals surface area contributed by atoms with Crippen LogP contribution >= 0.6 is 0 Å². The summed E-state index contributed by atoms with van der Waals surface area (Å²) in [4.78, 5) is 13.5. The smallest absolute Gasteiger partial charge is 0.239 e. The molecule has 1 heterocycles. The van der Waals surface area contributed by atoms with Crippen LogP contribution < -0.4 is 16.0 Å². The number of carbonyl (C=O) groups excluding carboxylic acids is 1. The highest BCUT2D eigenvalue weighted by atomic mass is 16.1. The molecule has 16 heavy (non-hydrogen) atoms. The van der Waals surface area contributed by atoms with Crippen LogP contribution in [0.3, 0.4) is 0 Å². The molecule has 2 rings (SSSR count). The monoisotopic (exact) mass is 219 g/mol. The largest absolute Gasteiger partial charge is 0.374 e. The lowest BCUT2D eigenvalue weighted by molar-refractivity contribution is -0.120. The Kier molecular flexibility index (Phi) is 2.83. The van der Waals surface area contributed by atoms with Crippen LogP contribution in [-0.2, 0) is 11.2 Å². The van der Waals surface area contributed by atoms with Gasteiger partial charge in [0.25, 0.3) is 0 Å². The Morgan fingerprint density at radius 1 is 1.56 bits per heavy atom. The molecule has 4 nitrogen and oxygen atoms in total. The van der Waals surface area contributed by atoms with Crippen molar-refractivity contribution in [2.24, 2.45) is 5.73 Å². The van der Waals surface area contributed by atoms with E-state index in [-0.39, 0.29) is 5.91 Å². The highest BCUT2D eigenvalue weighted by Crippen LogP contribution is 2.29. The Hall–Kier alpha value is -1.55. The molecule has 0 spiro atoms. The SMILES string of the molecule is CNC(C(N)=O)c1ccc2c(c1)CCN2C. The normalized spacial score (nSPS) is 16.0. The maximum Gasteiger partial charge on any atom is 0.239 e. The lowest BCUT2D eigenvalue weighted by atomic mass is 10.0. The van der Waals surface area contributed by atoms with Gasteiger partial charge in [-0.25, -0.2) is 0 Å². The first kappa shape index (κ1) is 11.0. The summed E-state index contributed by atoms with van der Waals surface area (Å²) in [5, 5.41) is 2.93. The van der Waals surface area contributed by atoms with E-state index in [1.54, 1.807) is 7.05 Å². The van der Waals surface area contributed by atoms with E-state index < -0.39 is 6.04 Å². The van der Waals surface area contributed by atoms with Crippen LogP contribution in [-0.4, -0.2) is 26.5 Å². The topological polar surface area (TPSA) is 58.4 Å². The van der Waals surface area contributed by atoms with Gasteiger partial charge in [0.2, 0.25) is 5.91 Å². The Morgan fingerprint density at radius 2 is 2.31 bits per heavy atom. The molecule has 0 saturated heterocycles. The molecule has 1 unspecified atom stereocenters. The van der Waals surface area contributed by atoms with E-state index in [0.717, 1.165) is 18.5 Å². The molecule has 0 fully saturated rings. The van der Waals surface area contributed by atoms with Crippen LogP contribution in [0.1, 0.15) is 17.2 Å². The van der Waals surface area contributed by atoms with Gasteiger partial charge in [-0.05, 0) is 30.7 Å². The molecule has 1 amide bonds. The molecule has 1 aliphatic rings. The summed E-state index contributed by atoms with van der Waals surface area (Å²) in [6.45, 7) is 1.04. The van der Waals surface area contributed by atoms with E-state index >= 15 is 0 Å². The minimum Gasteiger partial charge on any atom is -0.374 e. The standard InChI is InChI=1S/C12H17N3O/c1-14-11(12(13)16)9-3-4-10-8(7-9)5-6-15(10)2/h3-4,7,11,14H,5-6H2,1-2H3,(H2,13,16). The number of nitrogens with zero attached hydrogens (tertiary/aromatic N) is 1. The van der Waals surface area contributed by atoms with Crippen molar-refractivity contribution >= 4 is 11.6 Å². The molecule has 0 radical (unpaired) electrons. The first-order chi connectivity index (χ1) is 7.63. The summed E-state index contributed by atoms with van der Waals surface area (Å²) in [6, 6.07) is 5.71.